The van der Waals surface area contributed by atoms with E-state index in [1.807, 2.05) is 6.92 Å². The molecule has 32 heavy (non-hydrogen) atoms. The fourth-order valence-electron chi connectivity index (χ4n) is 3.17. The highest BCUT2D eigenvalue weighted by atomic mass is 35.5. The van der Waals surface area contributed by atoms with E-state index in [1.165, 1.54) is 12.1 Å². The summed E-state index contributed by atoms with van der Waals surface area (Å²) in [4.78, 5) is 37.3. The molecule has 0 saturated carbocycles. The van der Waals surface area contributed by atoms with E-state index < -0.39 is 23.7 Å². The maximum absolute atomic E-state index is 12.8. The summed E-state index contributed by atoms with van der Waals surface area (Å²) in [7, 11) is 1.16. The highest BCUT2D eigenvalue weighted by molar-refractivity contribution is 8.03. The van der Waals surface area contributed by atoms with Crippen molar-refractivity contribution in [3.05, 3.63) is 38.3 Å². The summed E-state index contributed by atoms with van der Waals surface area (Å²) in [6.45, 7) is 4.55. The largest absolute Gasteiger partial charge is 0.491 e. The Balaban J connectivity index is 2.54. The van der Waals surface area contributed by atoms with Gasteiger partial charge < -0.3 is 20.1 Å². The van der Waals surface area contributed by atoms with Crippen LogP contribution in [0.1, 0.15) is 31.7 Å². The molecule has 1 heterocycles. The lowest BCUT2D eigenvalue weighted by molar-refractivity contribution is -0.150. The number of nitrogens with one attached hydrogen (secondary N) is 2. The quantitative estimate of drug-likeness (QED) is 0.394. The van der Waals surface area contributed by atoms with Crippen LogP contribution in [0.5, 0.6) is 5.75 Å². The molecule has 1 aliphatic heterocycles. The van der Waals surface area contributed by atoms with Crippen LogP contribution in [0, 0.1) is 17.2 Å². The molecule has 0 fully saturated rings. The number of nitriles is 1. The first-order chi connectivity index (χ1) is 15.3. The van der Waals surface area contributed by atoms with Gasteiger partial charge in [0.1, 0.15) is 5.92 Å². The maximum Gasteiger partial charge on any atom is 0.319 e. The van der Waals surface area contributed by atoms with Crippen molar-refractivity contribution < 1.29 is 23.9 Å². The van der Waals surface area contributed by atoms with Crippen LogP contribution < -0.4 is 15.4 Å². The molecule has 0 aromatic heterocycles. The molecule has 172 valence electrons. The number of esters is 1. The van der Waals surface area contributed by atoms with Gasteiger partial charge in [-0.2, -0.15) is 5.26 Å². The molecule has 2 amide bonds. The average Bonchev–Trinajstić information content (AvgIpc) is 2.77. The minimum atomic E-state index is -1.34. The Hall–Kier alpha value is -2.41. The van der Waals surface area contributed by atoms with Crippen LogP contribution in [-0.2, 0) is 19.1 Å². The molecule has 0 radical (unpaired) electrons. The van der Waals surface area contributed by atoms with Gasteiger partial charge in [-0.05, 0) is 31.0 Å². The first-order valence-electron chi connectivity index (χ1n) is 9.83. The maximum atomic E-state index is 12.8. The third-order valence-corrected chi connectivity index (χ3v) is 6.15. The van der Waals surface area contributed by atoms with Gasteiger partial charge >= 0.3 is 5.97 Å². The van der Waals surface area contributed by atoms with Crippen LogP contribution in [0.25, 0.3) is 0 Å². The number of benzene rings is 1. The summed E-state index contributed by atoms with van der Waals surface area (Å²) >= 11 is 13.7. The predicted molar refractivity (Wildman–Crippen MR) is 122 cm³/mol. The lowest BCUT2D eigenvalue weighted by atomic mass is 9.78. The number of carbonyl (C=O) groups is 3. The number of rotatable bonds is 9. The minimum Gasteiger partial charge on any atom is -0.491 e. The van der Waals surface area contributed by atoms with Crippen molar-refractivity contribution in [1.82, 2.24) is 10.6 Å². The molecule has 1 aromatic rings. The van der Waals surface area contributed by atoms with Gasteiger partial charge in [-0.25, -0.2) is 0 Å². The Morgan fingerprint density at radius 1 is 1.28 bits per heavy atom. The average molecular weight is 500 g/mol. The Morgan fingerprint density at radius 2 is 1.94 bits per heavy atom. The molecule has 1 aromatic carbocycles. The number of carbonyl (C=O) groups excluding carboxylic acids is 3. The van der Waals surface area contributed by atoms with Crippen LogP contribution in [0.3, 0.4) is 0 Å². The van der Waals surface area contributed by atoms with E-state index in [2.05, 4.69) is 16.7 Å². The van der Waals surface area contributed by atoms with Crippen molar-refractivity contribution in [2.45, 2.75) is 26.2 Å². The molecular formula is C21H23Cl2N3O5S. The van der Waals surface area contributed by atoms with Crippen molar-refractivity contribution in [3.63, 3.8) is 0 Å². The van der Waals surface area contributed by atoms with E-state index in [4.69, 9.17) is 32.7 Å². The number of nitrogens with zero attached hydrogens (tertiary/aromatic N) is 1. The molecule has 8 nitrogen and oxygen atoms in total. The number of thioether (sulfide) groups is 1. The van der Waals surface area contributed by atoms with Crippen LogP contribution in [0.15, 0.2) is 22.7 Å². The molecular weight excluding hydrogens is 477 g/mol. The standard InChI is InChI=1S/C21H23Cl2N3O5S/c1-4-6-25-15(27)10-32-20-12(9-24)16(17(19(28)26-20)21(29)30-3)11-7-13(22)18(31-5-2)14(23)8-11/h7-8,16-17H,4-6,10H2,1-3H3,(H,25,27)(H,26,28)/t16-,17-/m1/s1. The zero-order valence-electron chi connectivity index (χ0n) is 17.8. The number of hydrogen-bond donors (Lipinski definition) is 2. The molecule has 0 unspecified atom stereocenters. The molecule has 0 spiro atoms. The first kappa shape index (κ1) is 25.8. The molecule has 11 heteroatoms. The first-order valence-corrected chi connectivity index (χ1v) is 11.6. The molecule has 2 rings (SSSR count). The summed E-state index contributed by atoms with van der Waals surface area (Å²) < 4.78 is 10.2. The summed E-state index contributed by atoms with van der Waals surface area (Å²) in [5.41, 5.74) is 0.475. The SMILES string of the molecule is CCCNC(=O)CSC1=C(C#N)[C@@H](c2cc(Cl)c(OCC)c(Cl)c2)[C@@H](C(=O)OC)C(=O)N1. The molecule has 2 N–H and O–H groups in total. The summed E-state index contributed by atoms with van der Waals surface area (Å²) in [6, 6.07) is 5.08. The highest BCUT2D eigenvalue weighted by Crippen LogP contribution is 2.44. The topological polar surface area (TPSA) is 118 Å². The van der Waals surface area contributed by atoms with Crippen molar-refractivity contribution in [2.75, 3.05) is 26.0 Å². The van der Waals surface area contributed by atoms with Gasteiger partial charge in [-0.15, -0.1) is 0 Å². The van der Waals surface area contributed by atoms with E-state index in [0.29, 0.717) is 18.7 Å². The molecule has 2 atom stereocenters. The van der Waals surface area contributed by atoms with Crippen molar-refractivity contribution in [2.24, 2.45) is 5.92 Å². The number of allylic oxidation sites excluding steroid dienone is 1. The number of amides is 2. The Bertz CT molecular complexity index is 954. The third-order valence-electron chi connectivity index (χ3n) is 4.57. The summed E-state index contributed by atoms with van der Waals surface area (Å²) in [5, 5.41) is 15.8. The zero-order valence-corrected chi connectivity index (χ0v) is 20.1. The number of halogens is 2. The van der Waals surface area contributed by atoms with Gasteiger partial charge in [-0.3, -0.25) is 14.4 Å². The Morgan fingerprint density at radius 3 is 2.47 bits per heavy atom. The van der Waals surface area contributed by atoms with Crippen LogP contribution in [-0.4, -0.2) is 43.8 Å². The number of methoxy groups -OCH3 is 1. The normalized spacial score (nSPS) is 17.9. The molecule has 1 aliphatic rings. The van der Waals surface area contributed by atoms with E-state index in [1.54, 1.807) is 6.92 Å². The molecule has 0 saturated heterocycles. The van der Waals surface area contributed by atoms with E-state index in [-0.39, 0.29) is 38.1 Å². The highest BCUT2D eigenvalue weighted by Gasteiger charge is 2.44. The molecule has 0 aliphatic carbocycles. The third kappa shape index (κ3) is 5.88. The monoisotopic (exact) mass is 499 g/mol. The van der Waals surface area contributed by atoms with Crippen LogP contribution >= 0.6 is 35.0 Å². The molecule has 0 bridgehead atoms. The van der Waals surface area contributed by atoms with Crippen molar-refractivity contribution in [3.8, 4) is 11.8 Å². The van der Waals surface area contributed by atoms with Gasteiger partial charge in [0.05, 0.1) is 46.2 Å². The van der Waals surface area contributed by atoms with Crippen LogP contribution in [0.2, 0.25) is 10.0 Å². The van der Waals surface area contributed by atoms with E-state index in [0.717, 1.165) is 25.3 Å². The number of ether oxygens (including phenoxy) is 2. The number of hydrogen-bond acceptors (Lipinski definition) is 7. The smallest absolute Gasteiger partial charge is 0.319 e. The Labute approximate surface area is 200 Å². The fourth-order valence-corrected chi connectivity index (χ4v) is 4.67. The predicted octanol–water partition coefficient (Wildman–Crippen LogP) is 3.39. The Kier molecular flexibility index (Phi) is 9.69. The van der Waals surface area contributed by atoms with Crippen molar-refractivity contribution in [1.29, 1.82) is 5.26 Å². The van der Waals surface area contributed by atoms with Crippen molar-refractivity contribution >= 4 is 52.7 Å². The second kappa shape index (κ2) is 12.0. The fraction of sp³-hybridized carbons (Fsp3) is 0.429. The van der Waals surface area contributed by atoms with Gasteiger partial charge in [0.2, 0.25) is 11.8 Å². The minimum absolute atomic E-state index is 0.0127. The second-order valence-corrected chi connectivity index (χ2v) is 8.51. The van der Waals surface area contributed by atoms with Crippen LogP contribution in [0.4, 0.5) is 0 Å². The lowest BCUT2D eigenvalue weighted by Gasteiger charge is -2.31. The van der Waals surface area contributed by atoms with E-state index >= 15 is 0 Å². The summed E-state index contributed by atoms with van der Waals surface area (Å²) in [5.74, 6) is -3.80. The summed E-state index contributed by atoms with van der Waals surface area (Å²) in [6.07, 6.45) is 0.779. The van der Waals surface area contributed by atoms with Gasteiger partial charge in [0, 0.05) is 12.5 Å². The van der Waals surface area contributed by atoms with E-state index in [9.17, 15) is 19.6 Å². The second-order valence-electron chi connectivity index (χ2n) is 6.71. The van der Waals surface area contributed by atoms with Gasteiger partial charge in [0.15, 0.2) is 5.75 Å². The van der Waals surface area contributed by atoms with Gasteiger partial charge in [-0.1, -0.05) is 41.9 Å². The lowest BCUT2D eigenvalue weighted by Crippen LogP contribution is -2.44. The van der Waals surface area contributed by atoms with Gasteiger partial charge in [0.25, 0.3) is 0 Å². The zero-order chi connectivity index (χ0) is 23.8.